The maximum atomic E-state index is 10.3. The highest BCUT2D eigenvalue weighted by Crippen LogP contribution is 1.93. The van der Waals surface area contributed by atoms with Crippen LogP contribution in [-0.4, -0.2) is 34.7 Å². The van der Waals surface area contributed by atoms with E-state index < -0.39 is 18.1 Å². The molecule has 0 saturated heterocycles. The fraction of sp³-hybridized carbons (Fsp3) is 0.333. The smallest absolute Gasteiger partial charge is 0.329 e. The number of carbonyl (C=O) groups excluding carboxylic acids is 1. The Kier molecular flexibility index (Phi) is 3.90. The monoisotopic (exact) mass is 159 g/mol. The summed E-state index contributed by atoms with van der Waals surface area (Å²) in [6, 6.07) is -1.31. The Morgan fingerprint density at radius 1 is 1.64 bits per heavy atom. The number of rotatable bonds is 5. The molecule has 0 bridgehead atoms. The molecule has 62 valence electrons. The largest absolute Gasteiger partial charge is 0.480 e. The van der Waals surface area contributed by atoms with E-state index in [2.05, 4.69) is 6.58 Å². The molecule has 5 heteroatoms. The predicted molar refractivity (Wildman–Crippen MR) is 36.8 cm³/mol. The van der Waals surface area contributed by atoms with Gasteiger partial charge in [0.25, 0.3) is 0 Å². The summed E-state index contributed by atoms with van der Waals surface area (Å²) in [4.78, 5) is 20.1. The normalized spacial score (nSPS) is 14.6. The minimum Gasteiger partial charge on any atom is -0.480 e. The summed E-state index contributed by atoms with van der Waals surface area (Å²) in [6.45, 7) is 3.18. The van der Waals surface area contributed by atoms with Crippen molar-refractivity contribution in [2.24, 2.45) is 0 Å². The van der Waals surface area contributed by atoms with Crippen LogP contribution in [0, 0.1) is 0 Å². The highest BCUT2D eigenvalue weighted by molar-refractivity contribution is 5.77. The molecule has 2 unspecified atom stereocenters. The quantitative estimate of drug-likeness (QED) is 0.345. The van der Waals surface area contributed by atoms with Gasteiger partial charge in [-0.25, -0.2) is 4.79 Å². The van der Waals surface area contributed by atoms with Gasteiger partial charge in [0.2, 0.25) is 6.41 Å². The number of carboxylic acids is 1. The van der Waals surface area contributed by atoms with Gasteiger partial charge in [0.15, 0.2) is 6.04 Å². The molecule has 0 spiro atoms. The van der Waals surface area contributed by atoms with Crippen LogP contribution < -0.4 is 5.32 Å². The molecule has 0 heterocycles. The first-order valence-electron chi connectivity index (χ1n) is 2.86. The van der Waals surface area contributed by atoms with E-state index in [4.69, 9.17) is 10.2 Å². The first kappa shape index (κ1) is 9.64. The summed E-state index contributed by atoms with van der Waals surface area (Å²) in [7, 11) is 0. The van der Waals surface area contributed by atoms with Crippen molar-refractivity contribution in [3.8, 4) is 0 Å². The minimum atomic E-state index is -1.31. The van der Waals surface area contributed by atoms with Gasteiger partial charge in [0.05, 0.1) is 0 Å². The molecule has 2 atom stereocenters. The van der Waals surface area contributed by atoms with Gasteiger partial charge >= 0.3 is 5.97 Å². The number of aliphatic hydroxyl groups is 1. The molecule has 0 aliphatic rings. The van der Waals surface area contributed by atoms with Crippen molar-refractivity contribution in [1.82, 2.24) is 5.32 Å². The SMILES string of the molecule is C=CC(O)C(NC=O)C(=O)O. The molecule has 3 N–H and O–H groups in total. The van der Waals surface area contributed by atoms with E-state index in [1.165, 1.54) is 0 Å². The molecule has 5 nitrogen and oxygen atoms in total. The standard InChI is InChI=1S/C6H9NO4/c1-2-4(9)5(6(10)11)7-3-8/h2-5,9H,1H2,(H,7,8)(H,10,11). The second kappa shape index (κ2) is 4.45. The number of carboxylic acid groups (broad SMARTS) is 1. The fourth-order valence-corrected chi connectivity index (χ4v) is 0.525. The van der Waals surface area contributed by atoms with Crippen LogP contribution in [0.1, 0.15) is 0 Å². The van der Waals surface area contributed by atoms with E-state index in [-0.39, 0.29) is 6.41 Å². The zero-order valence-electron chi connectivity index (χ0n) is 5.73. The number of amides is 1. The maximum absolute atomic E-state index is 10.3. The molecule has 0 aromatic rings. The molecule has 0 saturated carbocycles. The highest BCUT2D eigenvalue weighted by atomic mass is 16.4. The summed E-state index contributed by atoms with van der Waals surface area (Å²) in [5.41, 5.74) is 0. The summed E-state index contributed by atoms with van der Waals surface area (Å²) in [5, 5.41) is 19.2. The van der Waals surface area contributed by atoms with E-state index in [1.54, 1.807) is 0 Å². The van der Waals surface area contributed by atoms with Crippen molar-refractivity contribution in [3.63, 3.8) is 0 Å². The molecule has 0 fully saturated rings. The van der Waals surface area contributed by atoms with E-state index in [0.717, 1.165) is 6.08 Å². The van der Waals surface area contributed by atoms with Gasteiger partial charge in [0, 0.05) is 0 Å². The van der Waals surface area contributed by atoms with Crippen LogP contribution in [-0.2, 0) is 9.59 Å². The van der Waals surface area contributed by atoms with Crippen molar-refractivity contribution in [1.29, 1.82) is 0 Å². The Bertz CT molecular complexity index is 168. The minimum absolute atomic E-state index is 0.214. The second-order valence-electron chi connectivity index (χ2n) is 1.83. The van der Waals surface area contributed by atoms with Crippen LogP contribution in [0.15, 0.2) is 12.7 Å². The number of hydrogen-bond acceptors (Lipinski definition) is 3. The van der Waals surface area contributed by atoms with Crippen LogP contribution in [0.25, 0.3) is 0 Å². The third-order valence-corrected chi connectivity index (χ3v) is 1.10. The Hall–Kier alpha value is -1.36. The molecule has 0 radical (unpaired) electrons. The lowest BCUT2D eigenvalue weighted by atomic mass is 10.1. The Labute approximate surface area is 63.3 Å². The Morgan fingerprint density at radius 2 is 2.18 bits per heavy atom. The first-order chi connectivity index (χ1) is 5.13. The second-order valence-corrected chi connectivity index (χ2v) is 1.83. The lowest BCUT2D eigenvalue weighted by molar-refractivity contribution is -0.142. The molecule has 0 aromatic carbocycles. The third kappa shape index (κ3) is 2.81. The first-order valence-corrected chi connectivity index (χ1v) is 2.86. The van der Waals surface area contributed by atoms with Crippen molar-refractivity contribution >= 4 is 12.4 Å². The van der Waals surface area contributed by atoms with Gasteiger partial charge in [-0.2, -0.15) is 0 Å². The summed E-state index contributed by atoms with van der Waals surface area (Å²) in [5.74, 6) is -1.30. The zero-order chi connectivity index (χ0) is 8.85. The lowest BCUT2D eigenvalue weighted by Crippen LogP contribution is -2.44. The van der Waals surface area contributed by atoms with Gasteiger partial charge in [-0.15, -0.1) is 6.58 Å². The van der Waals surface area contributed by atoms with E-state index in [0.29, 0.717) is 0 Å². The fourth-order valence-electron chi connectivity index (χ4n) is 0.525. The molecule has 0 aliphatic carbocycles. The summed E-state index contributed by atoms with van der Waals surface area (Å²) in [6.07, 6.45) is -0.0152. The van der Waals surface area contributed by atoms with Gasteiger partial charge in [-0.1, -0.05) is 6.08 Å². The topological polar surface area (TPSA) is 86.6 Å². The van der Waals surface area contributed by atoms with Crippen LogP contribution in [0.4, 0.5) is 0 Å². The van der Waals surface area contributed by atoms with E-state index in [9.17, 15) is 9.59 Å². The van der Waals surface area contributed by atoms with Gasteiger partial charge in [0.1, 0.15) is 6.10 Å². The highest BCUT2D eigenvalue weighted by Gasteiger charge is 2.22. The van der Waals surface area contributed by atoms with Crippen molar-refractivity contribution < 1.29 is 19.8 Å². The van der Waals surface area contributed by atoms with Crippen molar-refractivity contribution in [3.05, 3.63) is 12.7 Å². The number of nitrogens with one attached hydrogen (secondary N) is 1. The molecular weight excluding hydrogens is 150 g/mol. The van der Waals surface area contributed by atoms with Crippen LogP contribution in [0.5, 0.6) is 0 Å². The van der Waals surface area contributed by atoms with Crippen molar-refractivity contribution in [2.45, 2.75) is 12.1 Å². The molecule has 1 amide bonds. The number of aliphatic carboxylic acids is 1. The lowest BCUT2D eigenvalue weighted by Gasteiger charge is -2.13. The maximum Gasteiger partial charge on any atom is 0.329 e. The average molecular weight is 159 g/mol. The Balaban J connectivity index is 4.19. The van der Waals surface area contributed by atoms with Crippen LogP contribution in [0.3, 0.4) is 0 Å². The molecule has 0 rings (SSSR count). The molecular formula is C6H9NO4. The van der Waals surface area contributed by atoms with Gasteiger partial charge < -0.3 is 15.5 Å². The van der Waals surface area contributed by atoms with Gasteiger partial charge in [-0.05, 0) is 0 Å². The number of hydrogen-bond donors (Lipinski definition) is 3. The Morgan fingerprint density at radius 3 is 2.45 bits per heavy atom. The van der Waals surface area contributed by atoms with Crippen LogP contribution >= 0.6 is 0 Å². The predicted octanol–water partition coefficient (Wildman–Crippen LogP) is -1.27. The molecule has 11 heavy (non-hydrogen) atoms. The number of carbonyl (C=O) groups is 2. The summed E-state index contributed by atoms with van der Waals surface area (Å²) >= 11 is 0. The van der Waals surface area contributed by atoms with Crippen molar-refractivity contribution in [2.75, 3.05) is 0 Å². The third-order valence-electron chi connectivity index (χ3n) is 1.10. The van der Waals surface area contributed by atoms with Crippen LogP contribution in [0.2, 0.25) is 0 Å². The van der Waals surface area contributed by atoms with Gasteiger partial charge in [-0.3, -0.25) is 4.79 Å². The summed E-state index contributed by atoms with van der Waals surface area (Å²) < 4.78 is 0. The van der Waals surface area contributed by atoms with E-state index in [1.807, 2.05) is 5.32 Å². The van der Waals surface area contributed by atoms with E-state index >= 15 is 0 Å². The zero-order valence-corrected chi connectivity index (χ0v) is 5.73. The average Bonchev–Trinajstić information content (AvgIpc) is 1.98. The number of aliphatic hydroxyl groups excluding tert-OH is 1. The molecule has 0 aliphatic heterocycles. The molecule has 0 aromatic heterocycles.